The standard InChI is InChI=1S/C31H41F2NO8/c1-7-14-38-25(35)30(33)18(2)15-23(39-17-20-8-10-22(32)11-9-20)31(30,34)26(36)40-19(3)41-27(37)42-24-28(4,5)21-12-13-29(24,6)16-21/h7-11,18-19,21,23-24H,1,12-17,34H2,2-6H3/t18-,19?,21-,23+,24-,29+,30-,31+/m0/s1. The van der Waals surface area contributed by atoms with Crippen molar-refractivity contribution in [1.82, 2.24) is 0 Å². The van der Waals surface area contributed by atoms with Gasteiger partial charge in [0.25, 0.3) is 0 Å². The zero-order valence-electron chi connectivity index (χ0n) is 24.8. The Hall–Kier alpha value is -3.05. The maximum atomic E-state index is 16.8. The van der Waals surface area contributed by atoms with E-state index in [1.807, 2.05) is 0 Å². The average Bonchev–Trinajstić information content (AvgIpc) is 3.49. The summed E-state index contributed by atoms with van der Waals surface area (Å²) in [5.74, 6) is -3.89. The van der Waals surface area contributed by atoms with Crippen LogP contribution in [0.5, 0.6) is 0 Å². The fraction of sp³-hybridized carbons (Fsp3) is 0.645. The highest BCUT2D eigenvalue weighted by molar-refractivity contribution is 5.95. The molecule has 2 N–H and O–H groups in total. The van der Waals surface area contributed by atoms with Gasteiger partial charge < -0.3 is 29.4 Å². The van der Waals surface area contributed by atoms with Crippen LogP contribution in [0.25, 0.3) is 0 Å². The van der Waals surface area contributed by atoms with E-state index in [0.29, 0.717) is 11.5 Å². The molecule has 3 fully saturated rings. The van der Waals surface area contributed by atoms with E-state index >= 15 is 4.39 Å². The molecule has 9 nitrogen and oxygen atoms in total. The molecule has 1 aromatic carbocycles. The van der Waals surface area contributed by atoms with E-state index in [0.717, 1.165) is 19.3 Å². The molecule has 2 bridgehead atoms. The number of benzene rings is 1. The first kappa shape index (κ1) is 31.9. The summed E-state index contributed by atoms with van der Waals surface area (Å²) >= 11 is 0. The van der Waals surface area contributed by atoms with Gasteiger partial charge in [0.05, 0.1) is 12.7 Å². The molecule has 8 atom stereocenters. The first-order chi connectivity index (χ1) is 19.6. The summed E-state index contributed by atoms with van der Waals surface area (Å²) < 4.78 is 57.2. The van der Waals surface area contributed by atoms with Crippen molar-refractivity contribution < 1.29 is 46.8 Å². The SMILES string of the molecule is C=CCOC(=O)[C@@]1(F)[C@@H](C)C[C@@H](OCc2ccc(F)cc2)[C@@]1(N)C(=O)OC(C)OC(=O)O[C@H]1C(C)(C)[C@H]2CC[C@]1(C)C2. The summed E-state index contributed by atoms with van der Waals surface area (Å²) in [4.78, 5) is 39.4. The van der Waals surface area contributed by atoms with E-state index in [9.17, 15) is 18.8 Å². The third kappa shape index (κ3) is 5.41. The molecule has 42 heavy (non-hydrogen) atoms. The molecule has 3 aliphatic carbocycles. The van der Waals surface area contributed by atoms with Crippen molar-refractivity contribution in [2.45, 2.75) is 96.6 Å². The van der Waals surface area contributed by atoms with Gasteiger partial charge in [-0.3, -0.25) is 0 Å². The van der Waals surface area contributed by atoms with Crippen molar-refractivity contribution in [3.63, 3.8) is 0 Å². The van der Waals surface area contributed by atoms with Gasteiger partial charge in [-0.2, -0.15) is 0 Å². The molecule has 3 aliphatic rings. The number of rotatable bonds is 10. The summed E-state index contributed by atoms with van der Waals surface area (Å²) in [6.07, 6.45) is -0.254. The molecule has 0 heterocycles. The largest absolute Gasteiger partial charge is 0.511 e. The molecule has 1 aromatic rings. The molecule has 11 heteroatoms. The summed E-state index contributed by atoms with van der Waals surface area (Å²) in [5, 5.41) is 0. The lowest BCUT2D eigenvalue weighted by Crippen LogP contribution is -2.71. The molecular weight excluding hydrogens is 552 g/mol. The van der Waals surface area contributed by atoms with Crippen molar-refractivity contribution in [1.29, 1.82) is 0 Å². The zero-order valence-corrected chi connectivity index (χ0v) is 24.8. The fourth-order valence-electron chi connectivity index (χ4n) is 7.26. The molecule has 0 saturated heterocycles. The summed E-state index contributed by atoms with van der Waals surface area (Å²) in [6.45, 7) is 11.8. The molecule has 0 radical (unpaired) electrons. The van der Waals surface area contributed by atoms with Crippen LogP contribution in [-0.2, 0) is 39.9 Å². The van der Waals surface area contributed by atoms with Crippen molar-refractivity contribution in [3.05, 3.63) is 48.3 Å². The van der Waals surface area contributed by atoms with Crippen LogP contribution in [0, 0.1) is 28.5 Å². The quantitative estimate of drug-likeness (QED) is 0.170. The van der Waals surface area contributed by atoms with E-state index in [2.05, 4.69) is 27.4 Å². The number of alkyl halides is 1. The molecule has 232 valence electrons. The van der Waals surface area contributed by atoms with Gasteiger partial charge in [-0.1, -0.05) is 52.5 Å². The van der Waals surface area contributed by atoms with Gasteiger partial charge in [-0.05, 0) is 49.3 Å². The van der Waals surface area contributed by atoms with Crippen LogP contribution in [0.1, 0.15) is 65.9 Å². The molecule has 0 aromatic heterocycles. The first-order valence-corrected chi connectivity index (χ1v) is 14.3. The fourth-order valence-corrected chi connectivity index (χ4v) is 7.26. The lowest BCUT2D eigenvalue weighted by atomic mass is 9.70. The number of ether oxygens (including phenoxy) is 5. The number of fused-ring (bicyclic) bond motifs is 2. The van der Waals surface area contributed by atoms with Crippen LogP contribution < -0.4 is 5.73 Å². The Labute approximate surface area is 245 Å². The number of esters is 2. The van der Waals surface area contributed by atoms with Gasteiger partial charge in [0.15, 0.2) is 5.54 Å². The number of hydrogen-bond acceptors (Lipinski definition) is 9. The second kappa shape index (κ2) is 11.6. The van der Waals surface area contributed by atoms with Gasteiger partial charge in [0, 0.05) is 23.7 Å². The number of hydrogen-bond donors (Lipinski definition) is 1. The highest BCUT2D eigenvalue weighted by Crippen LogP contribution is 2.63. The van der Waals surface area contributed by atoms with Crippen LogP contribution in [0.4, 0.5) is 13.6 Å². The maximum Gasteiger partial charge on any atom is 0.511 e. The predicted molar refractivity (Wildman–Crippen MR) is 147 cm³/mol. The minimum Gasteiger partial charge on any atom is -0.459 e. The van der Waals surface area contributed by atoms with E-state index in [4.69, 9.17) is 29.4 Å². The number of halogens is 2. The zero-order chi connectivity index (χ0) is 31.1. The molecular formula is C31H41F2NO8. The Morgan fingerprint density at radius 3 is 2.40 bits per heavy atom. The second-order valence-corrected chi connectivity index (χ2v) is 12.8. The van der Waals surface area contributed by atoms with Crippen LogP contribution >= 0.6 is 0 Å². The first-order valence-electron chi connectivity index (χ1n) is 14.3. The lowest BCUT2D eigenvalue weighted by Gasteiger charge is -2.41. The third-order valence-corrected chi connectivity index (χ3v) is 9.57. The van der Waals surface area contributed by atoms with Crippen LogP contribution in [0.3, 0.4) is 0 Å². The smallest absolute Gasteiger partial charge is 0.459 e. The Morgan fingerprint density at radius 1 is 1.14 bits per heavy atom. The van der Waals surface area contributed by atoms with Crippen molar-refractivity contribution >= 4 is 18.1 Å². The minimum atomic E-state index is -3.05. The predicted octanol–water partition coefficient (Wildman–Crippen LogP) is 5.14. The Bertz CT molecular complexity index is 1200. The highest BCUT2D eigenvalue weighted by atomic mass is 19.1. The Morgan fingerprint density at radius 2 is 1.81 bits per heavy atom. The molecule has 0 aliphatic heterocycles. The normalized spacial score (nSPS) is 35.3. The average molecular weight is 594 g/mol. The Kier molecular flexibility index (Phi) is 8.77. The number of nitrogens with two attached hydrogens (primary N) is 1. The molecule has 1 unspecified atom stereocenters. The van der Waals surface area contributed by atoms with E-state index in [-0.39, 0.29) is 30.5 Å². The van der Waals surface area contributed by atoms with Crippen LogP contribution in [-0.4, -0.2) is 54.4 Å². The number of carbonyl (C=O) groups excluding carboxylic acids is 3. The molecule has 4 rings (SSSR count). The van der Waals surface area contributed by atoms with Gasteiger partial charge in [0.2, 0.25) is 12.0 Å². The summed E-state index contributed by atoms with van der Waals surface area (Å²) in [6, 6.07) is 5.37. The Balaban J connectivity index is 1.50. The third-order valence-electron chi connectivity index (χ3n) is 9.57. The summed E-state index contributed by atoms with van der Waals surface area (Å²) in [5.41, 5.74) is 0.826. The van der Waals surface area contributed by atoms with Gasteiger partial charge in [0.1, 0.15) is 18.5 Å². The highest BCUT2D eigenvalue weighted by Gasteiger charge is 2.74. The van der Waals surface area contributed by atoms with Gasteiger partial charge in [-0.25, -0.2) is 23.2 Å². The van der Waals surface area contributed by atoms with Crippen LogP contribution in [0.15, 0.2) is 36.9 Å². The molecule has 0 amide bonds. The van der Waals surface area contributed by atoms with Crippen molar-refractivity contribution in [3.8, 4) is 0 Å². The number of carbonyl (C=O) groups is 3. The van der Waals surface area contributed by atoms with E-state index in [1.165, 1.54) is 44.2 Å². The van der Waals surface area contributed by atoms with Crippen LogP contribution in [0.2, 0.25) is 0 Å². The monoisotopic (exact) mass is 593 g/mol. The summed E-state index contributed by atoms with van der Waals surface area (Å²) in [7, 11) is 0. The van der Waals surface area contributed by atoms with E-state index < -0.39 is 59.5 Å². The van der Waals surface area contributed by atoms with Crippen molar-refractivity contribution in [2.75, 3.05) is 6.61 Å². The topological polar surface area (TPSA) is 123 Å². The second-order valence-electron chi connectivity index (χ2n) is 12.8. The minimum absolute atomic E-state index is 0.139. The maximum absolute atomic E-state index is 16.8. The van der Waals surface area contributed by atoms with E-state index in [1.54, 1.807) is 0 Å². The van der Waals surface area contributed by atoms with Gasteiger partial charge in [-0.15, -0.1) is 0 Å². The van der Waals surface area contributed by atoms with Gasteiger partial charge >= 0.3 is 18.1 Å². The lowest BCUT2D eigenvalue weighted by molar-refractivity contribution is -0.195. The molecule has 0 spiro atoms. The molecule has 3 saturated carbocycles. The van der Waals surface area contributed by atoms with Crippen molar-refractivity contribution in [2.24, 2.45) is 28.4 Å².